The summed E-state index contributed by atoms with van der Waals surface area (Å²) in [7, 11) is -3.80. The summed E-state index contributed by atoms with van der Waals surface area (Å²) in [6, 6.07) is 0. The molecule has 0 bridgehead atoms. The van der Waals surface area contributed by atoms with Gasteiger partial charge in [-0.1, -0.05) is 0 Å². The zero-order valence-electron chi connectivity index (χ0n) is 23.9. The molecule has 0 aliphatic carbocycles. The normalized spacial score (nSPS) is 19.2. The second-order valence-electron chi connectivity index (χ2n) is 10.1. The van der Waals surface area contributed by atoms with E-state index in [-0.39, 0.29) is 0 Å². The molecule has 0 atom stereocenters. The number of rotatable bonds is 18. The second-order valence-corrected chi connectivity index (χ2v) is 31.7. The molecular weight excluding hydrogens is 476 g/mol. The van der Waals surface area contributed by atoms with Crippen molar-refractivity contribution in [3.8, 4) is 0 Å². The van der Waals surface area contributed by atoms with Crippen LogP contribution in [-0.4, -0.2) is 73.9 Å². The van der Waals surface area contributed by atoms with Crippen molar-refractivity contribution in [1.82, 2.24) is 0 Å². The standard InChI is InChI=1S/C24H60O4P4/c1-13-30(14-2,15-3,16-4)26-29(25,27-31(17-5,18-6,19-7)20-8)28-32(21-9,22-10,23-11)24-12/h13-24H2,1-12H3. The van der Waals surface area contributed by atoms with Gasteiger partial charge in [0.05, 0.1) is 0 Å². The molecule has 0 aromatic heterocycles. The summed E-state index contributed by atoms with van der Waals surface area (Å²) < 4.78 is 36.5. The Bertz CT molecular complexity index is 484. The Morgan fingerprint density at radius 1 is 0.375 bits per heavy atom. The molecule has 0 amide bonds. The predicted octanol–water partition coefficient (Wildman–Crippen LogP) is 9.79. The molecule has 0 fully saturated rings. The summed E-state index contributed by atoms with van der Waals surface area (Å²) in [5.74, 6) is 0. The molecule has 200 valence electrons. The van der Waals surface area contributed by atoms with Crippen molar-refractivity contribution in [2.24, 2.45) is 0 Å². The molecule has 0 N–H and O–H groups in total. The van der Waals surface area contributed by atoms with Gasteiger partial charge in [-0.25, -0.2) is 0 Å². The molecule has 0 aromatic carbocycles. The van der Waals surface area contributed by atoms with E-state index < -0.39 is 28.3 Å². The van der Waals surface area contributed by atoms with Gasteiger partial charge in [-0.2, -0.15) is 0 Å². The Morgan fingerprint density at radius 3 is 0.594 bits per heavy atom. The quantitative estimate of drug-likeness (QED) is 0.164. The first kappa shape index (κ1) is 33.4. The molecule has 0 aliphatic heterocycles. The monoisotopic (exact) mass is 536 g/mol. The second kappa shape index (κ2) is 11.6. The molecule has 0 saturated carbocycles. The van der Waals surface area contributed by atoms with Crippen LogP contribution in [0.3, 0.4) is 0 Å². The van der Waals surface area contributed by atoms with Crippen molar-refractivity contribution < 1.29 is 17.5 Å². The van der Waals surface area contributed by atoms with E-state index in [4.69, 9.17) is 12.9 Å². The van der Waals surface area contributed by atoms with Crippen molar-refractivity contribution >= 4 is 28.3 Å². The van der Waals surface area contributed by atoms with Crippen LogP contribution in [0.1, 0.15) is 83.1 Å². The van der Waals surface area contributed by atoms with E-state index in [2.05, 4.69) is 83.1 Å². The molecule has 0 rings (SSSR count). The Labute approximate surface area is 202 Å². The Morgan fingerprint density at radius 2 is 0.500 bits per heavy atom. The topological polar surface area (TPSA) is 44.8 Å². The Hall–Kier alpha value is 1.40. The van der Waals surface area contributed by atoms with Crippen LogP contribution in [0.15, 0.2) is 0 Å². The van der Waals surface area contributed by atoms with Gasteiger partial charge in [-0.15, -0.1) is 0 Å². The van der Waals surface area contributed by atoms with Crippen LogP contribution < -0.4 is 0 Å². The minimum atomic E-state index is -3.80. The number of phosphoric acid groups is 1. The van der Waals surface area contributed by atoms with Crippen LogP contribution >= 0.6 is 28.3 Å². The van der Waals surface area contributed by atoms with Crippen LogP contribution in [0.4, 0.5) is 0 Å². The van der Waals surface area contributed by atoms with Gasteiger partial charge in [0.2, 0.25) is 0 Å². The van der Waals surface area contributed by atoms with Gasteiger partial charge in [0.25, 0.3) is 0 Å². The fraction of sp³-hybridized carbons (Fsp3) is 1.00. The van der Waals surface area contributed by atoms with Gasteiger partial charge < -0.3 is 0 Å². The van der Waals surface area contributed by atoms with E-state index in [1.807, 2.05) is 0 Å². The van der Waals surface area contributed by atoms with Crippen molar-refractivity contribution in [2.45, 2.75) is 83.1 Å². The van der Waals surface area contributed by atoms with Gasteiger partial charge in [-0.3, -0.25) is 0 Å². The van der Waals surface area contributed by atoms with Gasteiger partial charge in [0.15, 0.2) is 0 Å². The maximum atomic E-state index is 15.2. The molecule has 4 nitrogen and oxygen atoms in total. The van der Waals surface area contributed by atoms with E-state index in [1.54, 1.807) is 0 Å². The molecule has 0 heterocycles. The minimum absolute atomic E-state index is 0.921. The molecule has 0 unspecified atom stereocenters. The molecule has 0 spiro atoms. The average Bonchev–Trinajstić information content (AvgIpc) is 2.86. The van der Waals surface area contributed by atoms with Gasteiger partial charge in [-0.05, 0) is 0 Å². The molecule has 0 saturated heterocycles. The van der Waals surface area contributed by atoms with Crippen LogP contribution in [0.25, 0.3) is 0 Å². The van der Waals surface area contributed by atoms with Crippen molar-refractivity contribution in [1.29, 1.82) is 0 Å². The summed E-state index contributed by atoms with van der Waals surface area (Å²) >= 11 is 0. The van der Waals surface area contributed by atoms with Crippen LogP contribution in [0.2, 0.25) is 0 Å². The molecule has 0 aliphatic rings. The van der Waals surface area contributed by atoms with Gasteiger partial charge in [0.1, 0.15) is 0 Å². The first-order chi connectivity index (χ1) is 14.8. The molecular formula is C24H60O4P4. The van der Waals surface area contributed by atoms with E-state index in [9.17, 15) is 0 Å². The van der Waals surface area contributed by atoms with Crippen molar-refractivity contribution in [2.75, 3.05) is 73.9 Å². The van der Waals surface area contributed by atoms with E-state index in [1.165, 1.54) is 0 Å². The predicted molar refractivity (Wildman–Crippen MR) is 158 cm³/mol. The zero-order chi connectivity index (χ0) is 25.4. The maximum absolute atomic E-state index is 15.2. The van der Waals surface area contributed by atoms with Crippen LogP contribution in [0.5, 0.6) is 0 Å². The van der Waals surface area contributed by atoms with Gasteiger partial charge >= 0.3 is 203 Å². The summed E-state index contributed by atoms with van der Waals surface area (Å²) in [4.78, 5) is 0. The molecule has 8 heteroatoms. The summed E-state index contributed by atoms with van der Waals surface area (Å²) in [6.45, 7) is 18.5. The van der Waals surface area contributed by atoms with Crippen LogP contribution in [-0.2, 0) is 17.5 Å². The third kappa shape index (κ3) is 5.86. The SMILES string of the molecule is CCP(CC)(CC)(CC)OP(=O)(OP(CC)(CC)(CC)CC)OP(CC)(CC)(CC)CC. The fourth-order valence-corrected chi connectivity index (χ4v) is 27.2. The third-order valence-corrected chi connectivity index (χ3v) is 37.7. The first-order valence-corrected chi connectivity index (χ1v) is 23.7. The molecule has 32 heavy (non-hydrogen) atoms. The third-order valence-electron chi connectivity index (χ3n) is 10.6. The zero-order valence-corrected chi connectivity index (χ0v) is 27.5. The van der Waals surface area contributed by atoms with Crippen LogP contribution in [0, 0.1) is 0 Å². The number of hydrogen-bond acceptors (Lipinski definition) is 4. The summed E-state index contributed by atoms with van der Waals surface area (Å²) in [6.07, 6.45) is 11.1. The summed E-state index contributed by atoms with van der Waals surface area (Å²) in [5, 5.41) is 0. The average molecular weight is 537 g/mol. The molecule has 0 radical (unpaired) electrons. The first-order valence-electron chi connectivity index (χ1n) is 13.6. The Balaban J connectivity index is 7.17. The van der Waals surface area contributed by atoms with E-state index >= 15 is 4.57 Å². The number of hydrogen-bond donors (Lipinski definition) is 0. The Kier molecular flexibility index (Phi) is 12.1. The fourth-order valence-electron chi connectivity index (χ4n) is 5.61. The van der Waals surface area contributed by atoms with E-state index in [0.29, 0.717) is 0 Å². The molecule has 0 aromatic rings. The van der Waals surface area contributed by atoms with Gasteiger partial charge in [0, 0.05) is 0 Å². The summed E-state index contributed by atoms with van der Waals surface area (Å²) in [5.41, 5.74) is 0. The van der Waals surface area contributed by atoms with Crippen molar-refractivity contribution in [3.05, 3.63) is 0 Å². The van der Waals surface area contributed by atoms with Crippen molar-refractivity contribution in [3.63, 3.8) is 0 Å². The van der Waals surface area contributed by atoms with E-state index in [0.717, 1.165) is 73.9 Å².